The Bertz CT molecular complexity index is 717. The minimum atomic E-state index is -0.220. The maximum Gasteiger partial charge on any atom is 0.261 e. The lowest BCUT2D eigenvalue weighted by atomic mass is 10.1. The zero-order valence-electron chi connectivity index (χ0n) is 12.0. The number of amides is 2. The van der Waals surface area contributed by atoms with Gasteiger partial charge in [0.1, 0.15) is 6.29 Å². The van der Waals surface area contributed by atoms with Gasteiger partial charge in [-0.3, -0.25) is 19.3 Å². The summed E-state index contributed by atoms with van der Waals surface area (Å²) in [5.74, 6) is -0.440. The van der Waals surface area contributed by atoms with Gasteiger partial charge in [0.15, 0.2) is 0 Å². The number of carbonyl (C=O) groups is 3. The highest BCUT2D eigenvalue weighted by Gasteiger charge is 2.34. The van der Waals surface area contributed by atoms with E-state index in [-0.39, 0.29) is 11.8 Å². The zero-order valence-corrected chi connectivity index (χ0v) is 12.0. The van der Waals surface area contributed by atoms with Gasteiger partial charge in [-0.25, -0.2) is 0 Å². The summed E-state index contributed by atoms with van der Waals surface area (Å²) in [6, 6.07) is 14.2. The lowest BCUT2D eigenvalue weighted by Crippen LogP contribution is -2.30. The van der Waals surface area contributed by atoms with Crippen molar-refractivity contribution in [3.63, 3.8) is 0 Å². The Morgan fingerprint density at radius 2 is 1.59 bits per heavy atom. The number of imide groups is 1. The Kier molecular flexibility index (Phi) is 3.83. The highest BCUT2D eigenvalue weighted by atomic mass is 16.2. The van der Waals surface area contributed by atoms with Crippen LogP contribution in [0.4, 0.5) is 0 Å². The summed E-state index contributed by atoms with van der Waals surface area (Å²) in [5.41, 5.74) is 2.63. The first-order valence-corrected chi connectivity index (χ1v) is 7.20. The van der Waals surface area contributed by atoms with Gasteiger partial charge in [-0.2, -0.15) is 0 Å². The molecule has 0 atom stereocenters. The Hall–Kier alpha value is -2.75. The molecule has 2 aromatic carbocycles. The van der Waals surface area contributed by atoms with Crippen LogP contribution in [0.15, 0.2) is 48.5 Å². The summed E-state index contributed by atoms with van der Waals surface area (Å²) in [6.07, 6.45) is 2.20. The van der Waals surface area contributed by atoms with E-state index in [1.54, 1.807) is 30.3 Å². The molecule has 2 aromatic rings. The second-order valence-electron chi connectivity index (χ2n) is 5.27. The lowest BCUT2D eigenvalue weighted by Gasteiger charge is -2.13. The van der Waals surface area contributed by atoms with Crippen LogP contribution in [0.1, 0.15) is 43.1 Å². The van der Waals surface area contributed by atoms with E-state index >= 15 is 0 Å². The van der Waals surface area contributed by atoms with Crippen molar-refractivity contribution in [2.75, 3.05) is 6.54 Å². The molecule has 0 aromatic heterocycles. The number of fused-ring (bicyclic) bond motifs is 1. The van der Waals surface area contributed by atoms with Crippen LogP contribution in [0.3, 0.4) is 0 Å². The van der Waals surface area contributed by atoms with Gasteiger partial charge in [-0.15, -0.1) is 0 Å². The molecule has 4 nitrogen and oxygen atoms in total. The number of nitrogens with zero attached hydrogens (tertiary/aromatic N) is 1. The summed E-state index contributed by atoms with van der Waals surface area (Å²) >= 11 is 0. The number of rotatable bonds is 5. The van der Waals surface area contributed by atoms with Crippen molar-refractivity contribution in [1.82, 2.24) is 4.90 Å². The fourth-order valence-corrected chi connectivity index (χ4v) is 2.71. The monoisotopic (exact) mass is 293 g/mol. The molecular weight excluding hydrogens is 278 g/mol. The van der Waals surface area contributed by atoms with Crippen LogP contribution in [0.25, 0.3) is 0 Å². The average Bonchev–Trinajstić information content (AvgIpc) is 2.80. The van der Waals surface area contributed by atoms with Crippen molar-refractivity contribution < 1.29 is 14.4 Å². The number of carbonyl (C=O) groups excluding carboxylic acids is 3. The highest BCUT2D eigenvalue weighted by Crippen LogP contribution is 2.22. The second-order valence-corrected chi connectivity index (χ2v) is 5.27. The first-order valence-electron chi connectivity index (χ1n) is 7.20. The first-order chi connectivity index (χ1) is 10.7. The number of hydrogen-bond acceptors (Lipinski definition) is 3. The molecule has 0 fully saturated rings. The van der Waals surface area contributed by atoms with Crippen LogP contribution in [0.2, 0.25) is 0 Å². The van der Waals surface area contributed by atoms with Gasteiger partial charge < -0.3 is 0 Å². The fraction of sp³-hybridized carbons (Fsp3) is 0.167. The predicted octanol–water partition coefficient (Wildman–Crippen LogP) is 2.73. The van der Waals surface area contributed by atoms with E-state index in [1.165, 1.54) is 4.90 Å². The van der Waals surface area contributed by atoms with Gasteiger partial charge in [0.2, 0.25) is 0 Å². The average molecular weight is 293 g/mol. The Labute approximate surface area is 128 Å². The maximum absolute atomic E-state index is 12.2. The minimum absolute atomic E-state index is 0.220. The van der Waals surface area contributed by atoms with Gasteiger partial charge in [0, 0.05) is 12.1 Å². The molecular formula is C18H15NO3. The first kappa shape index (κ1) is 14.2. The molecule has 0 saturated heterocycles. The van der Waals surface area contributed by atoms with Crippen molar-refractivity contribution in [3.8, 4) is 0 Å². The third-order valence-electron chi connectivity index (χ3n) is 3.81. The molecule has 0 saturated carbocycles. The van der Waals surface area contributed by atoms with Crippen LogP contribution < -0.4 is 0 Å². The van der Waals surface area contributed by atoms with Gasteiger partial charge in [-0.1, -0.05) is 30.3 Å². The summed E-state index contributed by atoms with van der Waals surface area (Å²) < 4.78 is 0. The topological polar surface area (TPSA) is 54.5 Å². The third kappa shape index (κ3) is 2.55. The van der Waals surface area contributed by atoms with Crippen LogP contribution in [-0.2, 0) is 6.42 Å². The molecule has 3 rings (SSSR count). The van der Waals surface area contributed by atoms with Crippen molar-refractivity contribution >= 4 is 18.1 Å². The Balaban J connectivity index is 1.64. The van der Waals surface area contributed by atoms with Gasteiger partial charge >= 0.3 is 0 Å². The van der Waals surface area contributed by atoms with E-state index in [4.69, 9.17) is 0 Å². The molecule has 1 aliphatic heterocycles. The molecule has 1 aliphatic rings. The molecule has 0 radical (unpaired) electrons. The minimum Gasteiger partial charge on any atom is -0.298 e. The third-order valence-corrected chi connectivity index (χ3v) is 3.81. The number of benzene rings is 2. The second kappa shape index (κ2) is 5.93. The van der Waals surface area contributed by atoms with E-state index in [0.29, 0.717) is 29.7 Å². The summed E-state index contributed by atoms with van der Waals surface area (Å²) in [4.78, 5) is 36.5. The summed E-state index contributed by atoms with van der Waals surface area (Å²) in [5, 5.41) is 0. The molecule has 0 bridgehead atoms. The highest BCUT2D eigenvalue weighted by molar-refractivity contribution is 6.21. The molecule has 2 amide bonds. The van der Waals surface area contributed by atoms with E-state index < -0.39 is 0 Å². The standard InChI is InChI=1S/C18H15NO3/c20-12-14-6-3-5-13(11-14)7-4-10-19-17(21)15-8-1-2-9-16(15)18(19)22/h1-3,5-6,8-9,11-12H,4,7,10H2. The largest absolute Gasteiger partial charge is 0.298 e. The van der Waals surface area contributed by atoms with E-state index in [1.807, 2.05) is 18.2 Å². The number of aldehydes is 1. The van der Waals surface area contributed by atoms with E-state index in [2.05, 4.69) is 0 Å². The van der Waals surface area contributed by atoms with Gasteiger partial charge in [0.05, 0.1) is 11.1 Å². The molecule has 0 unspecified atom stereocenters. The summed E-state index contributed by atoms with van der Waals surface area (Å²) in [6.45, 7) is 0.387. The van der Waals surface area contributed by atoms with Crippen molar-refractivity contribution in [2.24, 2.45) is 0 Å². The number of aryl methyl sites for hydroxylation is 1. The van der Waals surface area contributed by atoms with Crippen LogP contribution >= 0.6 is 0 Å². The van der Waals surface area contributed by atoms with Gasteiger partial charge in [0.25, 0.3) is 11.8 Å². The van der Waals surface area contributed by atoms with Crippen molar-refractivity contribution in [1.29, 1.82) is 0 Å². The smallest absolute Gasteiger partial charge is 0.261 e. The Morgan fingerprint density at radius 3 is 2.23 bits per heavy atom. The lowest BCUT2D eigenvalue weighted by molar-refractivity contribution is 0.0652. The fourth-order valence-electron chi connectivity index (χ4n) is 2.71. The summed E-state index contributed by atoms with van der Waals surface area (Å²) in [7, 11) is 0. The molecule has 110 valence electrons. The van der Waals surface area contributed by atoms with Crippen LogP contribution in [0, 0.1) is 0 Å². The van der Waals surface area contributed by atoms with Gasteiger partial charge in [-0.05, 0) is 36.6 Å². The van der Waals surface area contributed by atoms with Crippen molar-refractivity contribution in [2.45, 2.75) is 12.8 Å². The maximum atomic E-state index is 12.2. The molecule has 0 aliphatic carbocycles. The molecule has 0 N–H and O–H groups in total. The zero-order chi connectivity index (χ0) is 15.5. The molecule has 22 heavy (non-hydrogen) atoms. The van der Waals surface area contributed by atoms with E-state index in [0.717, 1.165) is 18.3 Å². The SMILES string of the molecule is O=Cc1cccc(CCCN2C(=O)c3ccccc3C2=O)c1. The molecule has 0 spiro atoms. The van der Waals surface area contributed by atoms with E-state index in [9.17, 15) is 14.4 Å². The number of hydrogen-bond donors (Lipinski definition) is 0. The van der Waals surface area contributed by atoms with Crippen LogP contribution in [0.5, 0.6) is 0 Å². The normalized spacial score (nSPS) is 13.4. The molecule has 4 heteroatoms. The van der Waals surface area contributed by atoms with Crippen LogP contribution in [-0.4, -0.2) is 29.5 Å². The Morgan fingerprint density at radius 1 is 0.909 bits per heavy atom. The van der Waals surface area contributed by atoms with Crippen molar-refractivity contribution in [3.05, 3.63) is 70.8 Å². The molecule has 1 heterocycles. The predicted molar refractivity (Wildman–Crippen MR) is 82.0 cm³/mol. The quantitative estimate of drug-likeness (QED) is 0.629.